The zero-order chi connectivity index (χ0) is 10.1. The molecule has 0 aromatic carbocycles. The number of hydrogen-bond donors (Lipinski definition) is 2. The van der Waals surface area contributed by atoms with E-state index in [1.54, 1.807) is 13.2 Å². The van der Waals surface area contributed by atoms with Crippen molar-refractivity contribution in [3.63, 3.8) is 0 Å². The molecule has 1 atom stereocenters. The van der Waals surface area contributed by atoms with Gasteiger partial charge in [0.2, 0.25) is 0 Å². The number of hydrogen-bond acceptors (Lipinski definition) is 2. The summed E-state index contributed by atoms with van der Waals surface area (Å²) < 4.78 is 4.74. The first kappa shape index (κ1) is 11.6. The Morgan fingerprint density at radius 2 is 2.38 bits per heavy atom. The van der Waals surface area contributed by atoms with Gasteiger partial charge in [0.25, 0.3) is 0 Å². The van der Waals surface area contributed by atoms with Gasteiger partial charge in [-0.05, 0) is 19.4 Å². The second-order valence-electron chi connectivity index (χ2n) is 2.48. The number of rotatable bonds is 5. The van der Waals surface area contributed by atoms with E-state index in [0.717, 1.165) is 0 Å². The number of nitrogens with one attached hydrogen (secondary N) is 1. The summed E-state index contributed by atoms with van der Waals surface area (Å²) in [6.45, 7) is 1.92. The molecule has 4 nitrogen and oxygen atoms in total. The molecule has 0 saturated heterocycles. The van der Waals surface area contributed by atoms with Crippen molar-refractivity contribution in [1.82, 2.24) is 5.32 Å². The number of nitrogens with two attached hydrogens (primary N) is 1. The van der Waals surface area contributed by atoms with Crippen LogP contribution >= 0.6 is 0 Å². The average Bonchev–Trinajstić information content (AvgIpc) is 2.09. The Morgan fingerprint density at radius 3 is 2.85 bits per heavy atom. The summed E-state index contributed by atoms with van der Waals surface area (Å²) in [4.78, 5) is 10.5. The van der Waals surface area contributed by atoms with Crippen LogP contribution in [0.4, 0.5) is 4.79 Å². The van der Waals surface area contributed by atoms with Gasteiger partial charge in [-0.25, -0.2) is 4.79 Å². The SMILES string of the molecule is C/C=C\CC(/C=C/OC)NC(N)=O. The molecule has 0 aromatic rings. The van der Waals surface area contributed by atoms with Crippen molar-refractivity contribution in [3.8, 4) is 0 Å². The standard InChI is InChI=1S/C9H16N2O2/c1-3-4-5-8(6-7-13-2)11-9(10)12/h3-4,6-8H,5H2,1-2H3,(H3,10,11,12)/b4-3-,7-6+. The molecule has 13 heavy (non-hydrogen) atoms. The molecule has 1 unspecified atom stereocenters. The van der Waals surface area contributed by atoms with Crippen LogP contribution in [0.5, 0.6) is 0 Å². The third kappa shape index (κ3) is 6.93. The highest BCUT2D eigenvalue weighted by atomic mass is 16.5. The molecule has 3 N–H and O–H groups in total. The molecule has 0 aliphatic heterocycles. The van der Waals surface area contributed by atoms with E-state index >= 15 is 0 Å². The van der Waals surface area contributed by atoms with Crippen molar-refractivity contribution in [3.05, 3.63) is 24.5 Å². The quantitative estimate of drug-likeness (QED) is 0.497. The summed E-state index contributed by atoms with van der Waals surface area (Å²) in [5, 5.41) is 2.57. The van der Waals surface area contributed by atoms with Gasteiger partial charge in [0.1, 0.15) is 0 Å². The van der Waals surface area contributed by atoms with Crippen molar-refractivity contribution in [2.24, 2.45) is 5.73 Å². The van der Waals surface area contributed by atoms with E-state index in [1.807, 2.05) is 19.1 Å². The fourth-order valence-electron chi connectivity index (χ4n) is 0.824. The first-order valence-corrected chi connectivity index (χ1v) is 4.07. The number of allylic oxidation sites excluding steroid dienone is 1. The number of ether oxygens (including phenoxy) is 1. The van der Waals surface area contributed by atoms with Crippen molar-refractivity contribution < 1.29 is 9.53 Å². The monoisotopic (exact) mass is 184 g/mol. The smallest absolute Gasteiger partial charge is 0.312 e. The second-order valence-corrected chi connectivity index (χ2v) is 2.48. The van der Waals surface area contributed by atoms with Gasteiger partial charge in [-0.3, -0.25) is 0 Å². The van der Waals surface area contributed by atoms with Gasteiger partial charge >= 0.3 is 6.03 Å². The maximum atomic E-state index is 10.5. The third-order valence-corrected chi connectivity index (χ3v) is 1.40. The first-order valence-electron chi connectivity index (χ1n) is 4.07. The van der Waals surface area contributed by atoms with E-state index < -0.39 is 6.03 Å². The topological polar surface area (TPSA) is 64.3 Å². The van der Waals surface area contributed by atoms with Gasteiger partial charge in [0, 0.05) is 0 Å². The van der Waals surface area contributed by atoms with E-state index in [2.05, 4.69) is 5.32 Å². The lowest BCUT2D eigenvalue weighted by atomic mass is 10.2. The van der Waals surface area contributed by atoms with E-state index in [-0.39, 0.29) is 6.04 Å². The summed E-state index contributed by atoms with van der Waals surface area (Å²) in [6, 6.07) is -0.635. The normalized spacial score (nSPS) is 13.4. The molecule has 0 radical (unpaired) electrons. The predicted molar refractivity (Wildman–Crippen MR) is 52.1 cm³/mol. The summed E-state index contributed by atoms with van der Waals surface area (Å²) in [5.74, 6) is 0. The Hall–Kier alpha value is -1.45. The number of primary amides is 1. The molecule has 0 aromatic heterocycles. The van der Waals surface area contributed by atoms with Crippen LogP contribution in [-0.4, -0.2) is 19.2 Å². The summed E-state index contributed by atoms with van der Waals surface area (Å²) in [6.07, 6.45) is 7.82. The number of carbonyl (C=O) groups is 1. The zero-order valence-corrected chi connectivity index (χ0v) is 7.99. The zero-order valence-electron chi connectivity index (χ0n) is 7.99. The van der Waals surface area contributed by atoms with Crippen LogP contribution in [0.2, 0.25) is 0 Å². The average molecular weight is 184 g/mol. The lowest BCUT2D eigenvalue weighted by Crippen LogP contribution is -2.37. The Balaban J connectivity index is 4.01. The van der Waals surface area contributed by atoms with Gasteiger partial charge in [-0.15, -0.1) is 0 Å². The number of amides is 2. The van der Waals surface area contributed by atoms with Crippen LogP contribution < -0.4 is 11.1 Å². The predicted octanol–water partition coefficient (Wildman–Crippen LogP) is 1.15. The fourth-order valence-corrected chi connectivity index (χ4v) is 0.824. The molecule has 4 heteroatoms. The van der Waals surface area contributed by atoms with Crippen LogP contribution in [0.15, 0.2) is 24.5 Å². The van der Waals surface area contributed by atoms with E-state index in [1.165, 1.54) is 6.26 Å². The Kier molecular flexibility index (Phi) is 6.41. The lowest BCUT2D eigenvalue weighted by Gasteiger charge is -2.10. The van der Waals surface area contributed by atoms with Gasteiger partial charge in [-0.2, -0.15) is 0 Å². The maximum Gasteiger partial charge on any atom is 0.312 e. The molecule has 0 aliphatic carbocycles. The fraction of sp³-hybridized carbons (Fsp3) is 0.444. The Morgan fingerprint density at radius 1 is 1.69 bits per heavy atom. The van der Waals surface area contributed by atoms with Gasteiger partial charge in [0.05, 0.1) is 19.4 Å². The number of urea groups is 1. The Bertz CT molecular complexity index is 200. The van der Waals surface area contributed by atoms with E-state index in [0.29, 0.717) is 6.42 Å². The van der Waals surface area contributed by atoms with Gasteiger partial charge < -0.3 is 15.8 Å². The van der Waals surface area contributed by atoms with Crippen LogP contribution in [0, 0.1) is 0 Å². The van der Waals surface area contributed by atoms with Crippen molar-refractivity contribution in [2.75, 3.05) is 7.11 Å². The Labute approximate surface area is 78.4 Å². The van der Waals surface area contributed by atoms with Crippen LogP contribution in [-0.2, 0) is 4.74 Å². The molecular weight excluding hydrogens is 168 g/mol. The minimum absolute atomic E-state index is 0.103. The minimum atomic E-state index is -0.532. The third-order valence-electron chi connectivity index (χ3n) is 1.40. The van der Waals surface area contributed by atoms with Crippen molar-refractivity contribution in [2.45, 2.75) is 19.4 Å². The second kappa shape index (κ2) is 7.21. The highest BCUT2D eigenvalue weighted by Gasteiger charge is 2.03. The summed E-state index contributed by atoms with van der Waals surface area (Å²) in [7, 11) is 1.55. The molecule has 0 bridgehead atoms. The summed E-state index contributed by atoms with van der Waals surface area (Å²) >= 11 is 0. The molecule has 2 amide bonds. The largest absolute Gasteiger partial charge is 0.505 e. The van der Waals surface area contributed by atoms with Gasteiger partial charge in [0.15, 0.2) is 0 Å². The highest BCUT2D eigenvalue weighted by molar-refractivity contribution is 5.72. The first-order chi connectivity index (χ1) is 6.20. The van der Waals surface area contributed by atoms with Crippen molar-refractivity contribution in [1.29, 1.82) is 0 Å². The van der Waals surface area contributed by atoms with Crippen LogP contribution in [0.25, 0.3) is 0 Å². The molecule has 0 heterocycles. The lowest BCUT2D eigenvalue weighted by molar-refractivity contribution is 0.247. The molecular formula is C9H16N2O2. The van der Waals surface area contributed by atoms with E-state index in [9.17, 15) is 4.79 Å². The van der Waals surface area contributed by atoms with Crippen LogP contribution in [0.1, 0.15) is 13.3 Å². The van der Waals surface area contributed by atoms with E-state index in [4.69, 9.17) is 10.5 Å². The molecule has 0 spiro atoms. The minimum Gasteiger partial charge on any atom is -0.505 e. The number of carbonyl (C=O) groups excluding carboxylic acids is 1. The molecule has 0 fully saturated rings. The molecule has 0 saturated carbocycles. The molecule has 0 aliphatic rings. The van der Waals surface area contributed by atoms with Gasteiger partial charge in [-0.1, -0.05) is 12.2 Å². The molecule has 0 rings (SSSR count). The van der Waals surface area contributed by atoms with Crippen LogP contribution in [0.3, 0.4) is 0 Å². The molecule has 74 valence electrons. The maximum absolute atomic E-state index is 10.5. The van der Waals surface area contributed by atoms with Crippen molar-refractivity contribution >= 4 is 6.03 Å². The summed E-state index contributed by atoms with van der Waals surface area (Å²) in [5.41, 5.74) is 4.99. The number of methoxy groups -OCH3 is 1. The highest BCUT2D eigenvalue weighted by Crippen LogP contribution is 1.96.